The Morgan fingerprint density at radius 3 is 2.48 bits per heavy atom. The van der Waals surface area contributed by atoms with Crippen molar-refractivity contribution in [3.05, 3.63) is 72.4 Å². The lowest BCUT2D eigenvalue weighted by molar-refractivity contribution is 0.0515. The molecule has 0 spiro atoms. The maximum atomic E-state index is 5.76. The van der Waals surface area contributed by atoms with Crippen LogP contribution in [-0.2, 0) is 4.74 Å². The van der Waals surface area contributed by atoms with Crippen molar-refractivity contribution in [3.8, 4) is 28.5 Å². The number of ether oxygens (including phenoxy) is 2. The van der Waals surface area contributed by atoms with Crippen molar-refractivity contribution < 1.29 is 9.47 Å². The number of para-hydroxylation sites is 2. The van der Waals surface area contributed by atoms with Gasteiger partial charge in [0.05, 0.1) is 11.2 Å². The van der Waals surface area contributed by atoms with E-state index in [1.165, 1.54) is 0 Å². The SMILES string of the molecule is COCOc1ccccc1-c1nc(-c2cccc(C)n2)nc2ccccc12. The zero-order chi connectivity index (χ0) is 18.6. The molecule has 0 bridgehead atoms. The molecule has 0 unspecified atom stereocenters. The zero-order valence-electron chi connectivity index (χ0n) is 15.2. The van der Waals surface area contributed by atoms with E-state index in [4.69, 9.17) is 19.4 Å². The van der Waals surface area contributed by atoms with Crippen molar-refractivity contribution in [1.29, 1.82) is 0 Å². The van der Waals surface area contributed by atoms with Crippen LogP contribution < -0.4 is 4.74 Å². The first-order valence-electron chi connectivity index (χ1n) is 8.68. The number of benzene rings is 2. The van der Waals surface area contributed by atoms with E-state index in [0.29, 0.717) is 11.6 Å². The summed E-state index contributed by atoms with van der Waals surface area (Å²) < 4.78 is 10.8. The number of rotatable bonds is 5. The molecule has 0 saturated carbocycles. The zero-order valence-corrected chi connectivity index (χ0v) is 15.2. The Hall–Kier alpha value is -3.31. The molecule has 0 aliphatic rings. The van der Waals surface area contributed by atoms with Gasteiger partial charge in [0, 0.05) is 23.8 Å². The number of methoxy groups -OCH3 is 1. The summed E-state index contributed by atoms with van der Waals surface area (Å²) in [5.41, 5.74) is 4.24. The molecule has 2 aromatic heterocycles. The monoisotopic (exact) mass is 357 g/mol. The highest BCUT2D eigenvalue weighted by Gasteiger charge is 2.15. The fourth-order valence-electron chi connectivity index (χ4n) is 2.97. The van der Waals surface area contributed by atoms with Crippen LogP contribution in [0.5, 0.6) is 5.75 Å². The highest BCUT2D eigenvalue weighted by Crippen LogP contribution is 2.34. The van der Waals surface area contributed by atoms with Crippen molar-refractivity contribution in [2.45, 2.75) is 6.92 Å². The fourth-order valence-corrected chi connectivity index (χ4v) is 2.97. The van der Waals surface area contributed by atoms with E-state index in [1.54, 1.807) is 7.11 Å². The van der Waals surface area contributed by atoms with Crippen molar-refractivity contribution in [1.82, 2.24) is 15.0 Å². The van der Waals surface area contributed by atoms with Crippen molar-refractivity contribution in [3.63, 3.8) is 0 Å². The van der Waals surface area contributed by atoms with Crippen LogP contribution in [0.4, 0.5) is 0 Å². The number of aryl methyl sites for hydroxylation is 1. The second kappa shape index (κ2) is 7.51. The minimum Gasteiger partial charge on any atom is -0.467 e. The summed E-state index contributed by atoms with van der Waals surface area (Å²) in [6, 6.07) is 21.6. The number of hydrogen-bond donors (Lipinski definition) is 0. The lowest BCUT2D eigenvalue weighted by atomic mass is 10.1. The molecule has 27 heavy (non-hydrogen) atoms. The summed E-state index contributed by atoms with van der Waals surface area (Å²) in [5, 5.41) is 0.961. The van der Waals surface area contributed by atoms with Crippen LogP contribution in [0.15, 0.2) is 66.7 Å². The predicted molar refractivity (Wildman–Crippen MR) is 105 cm³/mol. The van der Waals surface area contributed by atoms with E-state index in [0.717, 1.165) is 33.5 Å². The minimum atomic E-state index is 0.173. The van der Waals surface area contributed by atoms with Crippen LogP contribution in [0.1, 0.15) is 5.69 Å². The van der Waals surface area contributed by atoms with Gasteiger partial charge in [-0.15, -0.1) is 0 Å². The Morgan fingerprint density at radius 2 is 1.63 bits per heavy atom. The molecule has 0 amide bonds. The predicted octanol–water partition coefficient (Wildman–Crippen LogP) is 4.65. The van der Waals surface area contributed by atoms with Gasteiger partial charge in [0.15, 0.2) is 12.6 Å². The Kier molecular flexibility index (Phi) is 4.77. The number of hydrogen-bond acceptors (Lipinski definition) is 5. The van der Waals surface area contributed by atoms with Crippen LogP contribution in [0, 0.1) is 6.92 Å². The van der Waals surface area contributed by atoms with Crippen LogP contribution in [0.2, 0.25) is 0 Å². The molecule has 0 atom stereocenters. The standard InChI is InChI=1S/C22H19N3O2/c1-15-8-7-12-19(23-15)22-24-18-11-5-3-9-16(18)21(25-22)17-10-4-6-13-20(17)27-14-26-2/h3-13H,14H2,1-2H3. The molecule has 0 fully saturated rings. The molecule has 0 aliphatic carbocycles. The van der Waals surface area contributed by atoms with E-state index >= 15 is 0 Å². The second-order valence-corrected chi connectivity index (χ2v) is 6.12. The van der Waals surface area contributed by atoms with E-state index in [9.17, 15) is 0 Å². The van der Waals surface area contributed by atoms with Crippen molar-refractivity contribution in [2.75, 3.05) is 13.9 Å². The molecule has 2 heterocycles. The van der Waals surface area contributed by atoms with Crippen LogP contribution in [0.25, 0.3) is 33.7 Å². The Balaban J connectivity index is 1.95. The fraction of sp³-hybridized carbons (Fsp3) is 0.136. The number of fused-ring (bicyclic) bond motifs is 1. The largest absolute Gasteiger partial charge is 0.467 e. The van der Waals surface area contributed by atoms with E-state index in [1.807, 2.05) is 73.7 Å². The third-order valence-electron chi connectivity index (χ3n) is 4.20. The molecule has 0 N–H and O–H groups in total. The van der Waals surface area contributed by atoms with Gasteiger partial charge < -0.3 is 9.47 Å². The van der Waals surface area contributed by atoms with Crippen molar-refractivity contribution in [2.24, 2.45) is 0 Å². The number of aromatic nitrogens is 3. The molecule has 0 aliphatic heterocycles. The number of nitrogens with zero attached hydrogens (tertiary/aromatic N) is 3. The summed E-state index contributed by atoms with van der Waals surface area (Å²) in [4.78, 5) is 14.2. The lowest BCUT2D eigenvalue weighted by Gasteiger charge is -2.13. The molecule has 4 aromatic rings. The smallest absolute Gasteiger partial charge is 0.188 e. The quantitative estimate of drug-likeness (QED) is 0.487. The molecule has 5 nitrogen and oxygen atoms in total. The Morgan fingerprint density at radius 1 is 0.815 bits per heavy atom. The van der Waals surface area contributed by atoms with Crippen molar-refractivity contribution >= 4 is 10.9 Å². The third-order valence-corrected chi connectivity index (χ3v) is 4.20. The van der Waals surface area contributed by atoms with Gasteiger partial charge >= 0.3 is 0 Å². The maximum absolute atomic E-state index is 5.76. The van der Waals surface area contributed by atoms with Gasteiger partial charge in [-0.25, -0.2) is 15.0 Å². The first kappa shape index (κ1) is 17.1. The van der Waals surface area contributed by atoms with E-state index in [2.05, 4.69) is 4.98 Å². The van der Waals surface area contributed by atoms with Gasteiger partial charge in [0.25, 0.3) is 0 Å². The summed E-state index contributed by atoms with van der Waals surface area (Å²) >= 11 is 0. The highest BCUT2D eigenvalue weighted by atomic mass is 16.7. The molecule has 5 heteroatoms. The van der Waals surface area contributed by atoms with Gasteiger partial charge in [-0.05, 0) is 37.3 Å². The number of pyridine rings is 1. The van der Waals surface area contributed by atoms with Crippen LogP contribution in [0.3, 0.4) is 0 Å². The average molecular weight is 357 g/mol. The van der Waals surface area contributed by atoms with E-state index < -0.39 is 0 Å². The summed E-state index contributed by atoms with van der Waals surface area (Å²) in [7, 11) is 1.60. The topological polar surface area (TPSA) is 57.1 Å². The van der Waals surface area contributed by atoms with Gasteiger partial charge in [0.2, 0.25) is 0 Å². The molecule has 0 saturated heterocycles. The molecule has 0 radical (unpaired) electrons. The van der Waals surface area contributed by atoms with Crippen LogP contribution in [-0.4, -0.2) is 28.9 Å². The normalized spacial score (nSPS) is 10.9. The molecule has 134 valence electrons. The lowest BCUT2D eigenvalue weighted by Crippen LogP contribution is -2.02. The highest BCUT2D eigenvalue weighted by molar-refractivity contribution is 5.94. The molecule has 2 aromatic carbocycles. The molecular formula is C22H19N3O2. The van der Waals surface area contributed by atoms with Gasteiger partial charge in [-0.3, -0.25) is 0 Å². The van der Waals surface area contributed by atoms with E-state index in [-0.39, 0.29) is 6.79 Å². The molecular weight excluding hydrogens is 338 g/mol. The summed E-state index contributed by atoms with van der Waals surface area (Å²) in [6.07, 6.45) is 0. The minimum absolute atomic E-state index is 0.173. The van der Waals surface area contributed by atoms with Crippen LogP contribution >= 0.6 is 0 Å². The Bertz CT molecular complexity index is 1100. The van der Waals surface area contributed by atoms with Gasteiger partial charge in [0.1, 0.15) is 11.4 Å². The van der Waals surface area contributed by atoms with Gasteiger partial charge in [-0.1, -0.05) is 36.4 Å². The maximum Gasteiger partial charge on any atom is 0.188 e. The average Bonchev–Trinajstić information content (AvgIpc) is 2.71. The Labute approximate surface area is 157 Å². The molecule has 4 rings (SSSR count). The van der Waals surface area contributed by atoms with Gasteiger partial charge in [-0.2, -0.15) is 0 Å². The first-order chi connectivity index (χ1) is 13.3. The first-order valence-corrected chi connectivity index (χ1v) is 8.68. The third kappa shape index (κ3) is 3.50. The summed E-state index contributed by atoms with van der Waals surface area (Å²) in [5.74, 6) is 1.31. The summed E-state index contributed by atoms with van der Waals surface area (Å²) in [6.45, 7) is 2.13. The second-order valence-electron chi connectivity index (χ2n) is 6.12.